The fraction of sp³-hybridized carbons (Fsp3) is 0.0667. The highest BCUT2D eigenvalue weighted by atomic mass is 35.5. The predicted molar refractivity (Wildman–Crippen MR) is 97.8 cm³/mol. The van der Waals surface area contributed by atoms with Crippen LogP contribution in [0.25, 0.3) is 0 Å². The Kier molecular flexibility index (Phi) is 5.89. The van der Waals surface area contributed by atoms with Crippen LogP contribution in [0.2, 0.25) is 10.0 Å². The van der Waals surface area contributed by atoms with Crippen molar-refractivity contribution in [1.82, 2.24) is 5.32 Å². The number of benzene rings is 2. The molecule has 0 saturated heterocycles. The molecule has 0 aliphatic rings. The number of imide groups is 1. The lowest BCUT2D eigenvalue weighted by molar-refractivity contribution is 0.238. The molecule has 0 spiro atoms. The summed E-state index contributed by atoms with van der Waals surface area (Å²) in [6.07, 6.45) is 0.846. The molecule has 0 aliphatic heterocycles. The van der Waals surface area contributed by atoms with Crippen LogP contribution >= 0.6 is 23.2 Å². The van der Waals surface area contributed by atoms with Gasteiger partial charge in [-0.25, -0.2) is 18.0 Å². The summed E-state index contributed by atoms with van der Waals surface area (Å²) in [6, 6.07) is 9.68. The maximum atomic E-state index is 12.3. The Morgan fingerprint density at radius 1 is 0.920 bits per heavy atom. The van der Waals surface area contributed by atoms with Gasteiger partial charge in [0.2, 0.25) is 10.0 Å². The first kappa shape index (κ1) is 19.0. The Morgan fingerprint density at radius 3 is 1.88 bits per heavy atom. The standard InChI is InChI=1S/C15H13Cl2N3O4S/c1-25(23,24)20(13-8-4-11(17)5-9-13)15(22)19-14(21)18-12-6-2-10(16)3-7-12/h2-9H,1H3,(H2,18,19,21,22). The first-order valence-corrected chi connectivity index (χ1v) is 9.40. The van der Waals surface area contributed by atoms with Crippen LogP contribution in [-0.4, -0.2) is 26.7 Å². The molecule has 0 saturated carbocycles. The van der Waals surface area contributed by atoms with Gasteiger partial charge in [-0.3, -0.25) is 5.32 Å². The first-order valence-electron chi connectivity index (χ1n) is 6.80. The summed E-state index contributed by atoms with van der Waals surface area (Å²) in [5.74, 6) is 0. The van der Waals surface area contributed by atoms with E-state index < -0.39 is 22.1 Å². The van der Waals surface area contributed by atoms with Crippen molar-refractivity contribution in [3.05, 3.63) is 58.6 Å². The molecule has 0 atom stereocenters. The number of carbonyl (C=O) groups excluding carboxylic acids is 2. The molecule has 7 nitrogen and oxygen atoms in total. The molecular weight excluding hydrogens is 389 g/mol. The molecule has 2 aromatic rings. The summed E-state index contributed by atoms with van der Waals surface area (Å²) in [6.45, 7) is 0. The average Bonchev–Trinajstić information content (AvgIpc) is 2.50. The van der Waals surface area contributed by atoms with Crippen molar-refractivity contribution in [3.63, 3.8) is 0 Å². The molecule has 0 fully saturated rings. The Morgan fingerprint density at radius 2 is 1.40 bits per heavy atom. The number of anilines is 2. The van der Waals surface area contributed by atoms with Crippen LogP contribution < -0.4 is 14.9 Å². The van der Waals surface area contributed by atoms with E-state index in [2.05, 4.69) is 5.32 Å². The van der Waals surface area contributed by atoms with E-state index in [4.69, 9.17) is 23.2 Å². The highest BCUT2D eigenvalue weighted by molar-refractivity contribution is 7.92. The lowest BCUT2D eigenvalue weighted by Crippen LogP contribution is -2.47. The number of rotatable bonds is 3. The summed E-state index contributed by atoms with van der Waals surface area (Å²) >= 11 is 11.5. The van der Waals surface area contributed by atoms with Crippen molar-refractivity contribution in [2.24, 2.45) is 0 Å². The van der Waals surface area contributed by atoms with Crippen molar-refractivity contribution in [3.8, 4) is 0 Å². The summed E-state index contributed by atoms with van der Waals surface area (Å²) < 4.78 is 24.3. The Balaban J connectivity index is 2.15. The lowest BCUT2D eigenvalue weighted by atomic mass is 10.3. The van der Waals surface area contributed by atoms with Gasteiger partial charge in [0.05, 0.1) is 11.9 Å². The molecule has 25 heavy (non-hydrogen) atoms. The maximum absolute atomic E-state index is 12.3. The van der Waals surface area contributed by atoms with Gasteiger partial charge in [0.1, 0.15) is 0 Å². The molecule has 0 bridgehead atoms. The van der Waals surface area contributed by atoms with Crippen molar-refractivity contribution in [1.29, 1.82) is 0 Å². The topological polar surface area (TPSA) is 95.6 Å². The summed E-state index contributed by atoms with van der Waals surface area (Å²) in [4.78, 5) is 24.2. The lowest BCUT2D eigenvalue weighted by Gasteiger charge is -2.20. The quantitative estimate of drug-likeness (QED) is 0.819. The zero-order valence-corrected chi connectivity index (χ0v) is 15.2. The summed E-state index contributed by atoms with van der Waals surface area (Å²) in [5.41, 5.74) is 0.427. The second-order valence-corrected chi connectivity index (χ2v) is 7.60. The SMILES string of the molecule is CS(=O)(=O)N(C(=O)NC(=O)Nc1ccc(Cl)cc1)c1ccc(Cl)cc1. The van der Waals surface area contributed by atoms with E-state index >= 15 is 0 Å². The number of carbonyl (C=O) groups is 2. The number of nitrogens with zero attached hydrogens (tertiary/aromatic N) is 1. The average molecular weight is 402 g/mol. The van der Waals surface area contributed by atoms with E-state index in [9.17, 15) is 18.0 Å². The number of hydrogen-bond acceptors (Lipinski definition) is 4. The minimum atomic E-state index is -3.97. The van der Waals surface area contributed by atoms with Gasteiger partial charge in [-0.1, -0.05) is 23.2 Å². The van der Waals surface area contributed by atoms with Crippen molar-refractivity contribution in [2.45, 2.75) is 0 Å². The molecule has 10 heteroatoms. The van der Waals surface area contributed by atoms with Gasteiger partial charge in [0, 0.05) is 15.7 Å². The molecule has 0 heterocycles. The van der Waals surface area contributed by atoms with Crippen LogP contribution in [0.1, 0.15) is 0 Å². The van der Waals surface area contributed by atoms with E-state index in [1.165, 1.54) is 36.4 Å². The summed E-state index contributed by atoms with van der Waals surface area (Å²) in [5, 5.41) is 5.20. The monoisotopic (exact) mass is 401 g/mol. The van der Waals surface area contributed by atoms with Crippen molar-refractivity contribution in [2.75, 3.05) is 15.9 Å². The third kappa shape index (κ3) is 5.35. The van der Waals surface area contributed by atoms with Gasteiger partial charge >= 0.3 is 12.1 Å². The minimum Gasteiger partial charge on any atom is -0.308 e. The predicted octanol–water partition coefficient (Wildman–Crippen LogP) is 3.70. The van der Waals surface area contributed by atoms with Gasteiger partial charge in [-0.15, -0.1) is 0 Å². The van der Waals surface area contributed by atoms with Gasteiger partial charge in [0.15, 0.2) is 0 Å². The Bertz CT molecular complexity index is 884. The van der Waals surface area contributed by atoms with Crippen molar-refractivity contribution < 1.29 is 18.0 Å². The fourth-order valence-corrected chi connectivity index (χ4v) is 2.98. The number of hydrogen-bond donors (Lipinski definition) is 2. The molecule has 2 N–H and O–H groups in total. The zero-order valence-electron chi connectivity index (χ0n) is 12.9. The largest absolute Gasteiger partial charge is 0.343 e. The summed E-state index contributed by atoms with van der Waals surface area (Å²) in [7, 11) is -3.97. The number of sulfonamides is 1. The third-order valence-corrected chi connectivity index (χ3v) is 4.44. The maximum Gasteiger partial charge on any atom is 0.343 e. The number of halogens is 2. The van der Waals surface area contributed by atoms with Crippen LogP contribution in [0, 0.1) is 0 Å². The van der Waals surface area contributed by atoms with Gasteiger partial charge in [-0.05, 0) is 48.5 Å². The molecule has 2 rings (SSSR count). The first-order chi connectivity index (χ1) is 11.7. The van der Waals surface area contributed by atoms with Crippen LogP contribution in [-0.2, 0) is 10.0 Å². The molecule has 2 aromatic carbocycles. The fourth-order valence-electron chi connectivity index (χ4n) is 1.88. The Labute approximate surface area is 154 Å². The van der Waals surface area contributed by atoms with Crippen LogP contribution in [0.4, 0.5) is 21.0 Å². The van der Waals surface area contributed by atoms with E-state index in [0.717, 1.165) is 6.26 Å². The van der Waals surface area contributed by atoms with Crippen molar-refractivity contribution >= 4 is 56.7 Å². The van der Waals surface area contributed by atoms with E-state index in [1.807, 2.05) is 5.32 Å². The second kappa shape index (κ2) is 7.73. The number of nitrogens with one attached hydrogen (secondary N) is 2. The zero-order chi connectivity index (χ0) is 18.6. The third-order valence-electron chi connectivity index (χ3n) is 2.90. The van der Waals surface area contributed by atoms with Gasteiger partial charge in [0.25, 0.3) is 0 Å². The van der Waals surface area contributed by atoms with Gasteiger partial charge in [-0.2, -0.15) is 4.31 Å². The Hall–Kier alpha value is -2.29. The molecule has 0 aromatic heterocycles. The highest BCUT2D eigenvalue weighted by Gasteiger charge is 2.26. The molecule has 132 valence electrons. The molecule has 0 unspecified atom stereocenters. The highest BCUT2D eigenvalue weighted by Crippen LogP contribution is 2.20. The molecule has 4 amide bonds. The van der Waals surface area contributed by atoms with E-state index in [1.54, 1.807) is 12.1 Å². The van der Waals surface area contributed by atoms with E-state index in [-0.39, 0.29) is 5.69 Å². The normalized spacial score (nSPS) is 10.8. The van der Waals surface area contributed by atoms with Gasteiger partial charge < -0.3 is 5.32 Å². The molecular formula is C15H13Cl2N3O4S. The second-order valence-electron chi connectivity index (χ2n) is 4.89. The molecule has 0 aliphatic carbocycles. The number of urea groups is 2. The van der Waals surface area contributed by atoms with Crippen LogP contribution in [0.3, 0.4) is 0 Å². The smallest absolute Gasteiger partial charge is 0.308 e. The van der Waals surface area contributed by atoms with Crippen LogP contribution in [0.5, 0.6) is 0 Å². The van der Waals surface area contributed by atoms with E-state index in [0.29, 0.717) is 20.0 Å². The van der Waals surface area contributed by atoms with Crippen LogP contribution in [0.15, 0.2) is 48.5 Å². The minimum absolute atomic E-state index is 0.0451. The molecule has 0 radical (unpaired) electrons. The number of amides is 4.